The van der Waals surface area contributed by atoms with Gasteiger partial charge in [-0.1, -0.05) is 12.1 Å². The Kier molecular flexibility index (Phi) is 8.81. The predicted molar refractivity (Wildman–Crippen MR) is 146 cm³/mol. The summed E-state index contributed by atoms with van der Waals surface area (Å²) in [5.74, 6) is -1.23. The van der Waals surface area contributed by atoms with Crippen molar-refractivity contribution < 1.29 is 33.3 Å². The Morgan fingerprint density at radius 1 is 0.744 bits per heavy atom. The molecule has 0 radical (unpaired) electrons. The van der Waals surface area contributed by atoms with Crippen molar-refractivity contribution in [3.05, 3.63) is 65.7 Å². The van der Waals surface area contributed by atoms with Gasteiger partial charge in [-0.05, 0) is 88.7 Å². The number of anilines is 1. The van der Waals surface area contributed by atoms with Gasteiger partial charge in [0.2, 0.25) is 0 Å². The van der Waals surface area contributed by atoms with E-state index >= 15 is 0 Å². The molecule has 0 unspecified atom stereocenters. The van der Waals surface area contributed by atoms with E-state index in [2.05, 4.69) is 11.4 Å². The molecule has 0 fully saturated rings. The van der Waals surface area contributed by atoms with Crippen LogP contribution < -0.4 is 14.8 Å². The molecule has 0 heterocycles. The van der Waals surface area contributed by atoms with Gasteiger partial charge in [0.05, 0.1) is 11.6 Å². The number of hydrogen-bond acceptors (Lipinski definition) is 8. The van der Waals surface area contributed by atoms with Crippen LogP contribution in [0.15, 0.2) is 54.6 Å². The number of nitrogens with zero attached hydrogens (tertiary/aromatic N) is 1. The molecule has 1 amide bonds. The molecule has 39 heavy (non-hydrogen) atoms. The third-order valence-corrected chi connectivity index (χ3v) is 4.96. The van der Waals surface area contributed by atoms with Gasteiger partial charge in [0, 0.05) is 17.3 Å². The first kappa shape index (κ1) is 29.0. The van der Waals surface area contributed by atoms with E-state index < -0.39 is 29.7 Å². The summed E-state index contributed by atoms with van der Waals surface area (Å²) >= 11 is 0. The van der Waals surface area contributed by atoms with E-state index in [-0.39, 0.29) is 24.0 Å². The average Bonchev–Trinajstić information content (AvgIpc) is 2.84. The van der Waals surface area contributed by atoms with Crippen molar-refractivity contribution in [2.75, 3.05) is 18.5 Å². The highest BCUT2D eigenvalue weighted by Crippen LogP contribution is 2.31. The molecule has 204 valence electrons. The van der Waals surface area contributed by atoms with Crippen molar-refractivity contribution in [3.8, 4) is 17.6 Å². The molecule has 3 rings (SSSR count). The Labute approximate surface area is 227 Å². The number of ether oxygens (including phenoxy) is 4. The van der Waals surface area contributed by atoms with Gasteiger partial charge >= 0.3 is 11.9 Å². The molecular weight excluding hydrogens is 500 g/mol. The summed E-state index contributed by atoms with van der Waals surface area (Å²) in [6, 6.07) is 17.1. The number of rotatable bonds is 8. The fraction of sp³-hybridized carbons (Fsp3) is 0.333. The standard InChI is InChI=1S/C30H32N2O7/c1-29(2,3)38-26(33)17-36-24-12-11-23(15-25(24)37-18-27(34)39-30(4,5)6)32-28(35)22-10-9-20-13-19(16-31)7-8-21(20)14-22/h7-15H,17-18H2,1-6H3,(H,32,35). The number of nitrogens with one attached hydrogen (secondary N) is 1. The lowest BCUT2D eigenvalue weighted by molar-refractivity contribution is -0.158. The van der Waals surface area contributed by atoms with Gasteiger partial charge in [-0.25, -0.2) is 9.59 Å². The van der Waals surface area contributed by atoms with Crippen molar-refractivity contribution in [2.24, 2.45) is 0 Å². The molecule has 0 aliphatic rings. The lowest BCUT2D eigenvalue weighted by atomic mass is 10.0. The molecule has 0 saturated carbocycles. The number of benzene rings is 3. The summed E-state index contributed by atoms with van der Waals surface area (Å²) in [7, 11) is 0. The first-order valence-electron chi connectivity index (χ1n) is 12.3. The van der Waals surface area contributed by atoms with E-state index in [0.29, 0.717) is 16.8 Å². The molecule has 0 aromatic heterocycles. The van der Waals surface area contributed by atoms with Crippen molar-refractivity contribution in [2.45, 2.75) is 52.7 Å². The zero-order valence-electron chi connectivity index (χ0n) is 22.9. The fourth-order valence-corrected chi connectivity index (χ4v) is 3.49. The summed E-state index contributed by atoms with van der Waals surface area (Å²) in [6.07, 6.45) is 0. The molecule has 0 aliphatic heterocycles. The summed E-state index contributed by atoms with van der Waals surface area (Å²) < 4.78 is 21.8. The highest BCUT2D eigenvalue weighted by molar-refractivity contribution is 6.06. The molecule has 9 heteroatoms. The van der Waals surface area contributed by atoms with Crippen LogP contribution in [0.25, 0.3) is 10.8 Å². The zero-order valence-corrected chi connectivity index (χ0v) is 22.9. The topological polar surface area (TPSA) is 124 Å². The Hall–Kier alpha value is -4.58. The summed E-state index contributed by atoms with van der Waals surface area (Å²) in [4.78, 5) is 37.3. The molecule has 0 atom stereocenters. The van der Waals surface area contributed by atoms with Crippen LogP contribution in [0.4, 0.5) is 5.69 Å². The number of esters is 2. The van der Waals surface area contributed by atoms with Gasteiger partial charge in [0.15, 0.2) is 24.7 Å². The van der Waals surface area contributed by atoms with Crippen molar-refractivity contribution in [3.63, 3.8) is 0 Å². The van der Waals surface area contributed by atoms with Gasteiger partial charge in [0.1, 0.15) is 11.2 Å². The van der Waals surface area contributed by atoms with E-state index in [1.807, 2.05) is 0 Å². The summed E-state index contributed by atoms with van der Waals surface area (Å²) in [5, 5.41) is 13.5. The number of carbonyl (C=O) groups is 3. The van der Waals surface area contributed by atoms with Crippen molar-refractivity contribution in [1.29, 1.82) is 5.26 Å². The molecule has 0 saturated heterocycles. The Bertz CT molecular complexity index is 1430. The largest absolute Gasteiger partial charge is 0.478 e. The Morgan fingerprint density at radius 3 is 1.90 bits per heavy atom. The molecule has 1 N–H and O–H groups in total. The second-order valence-corrected chi connectivity index (χ2v) is 10.8. The monoisotopic (exact) mass is 532 g/mol. The number of carbonyl (C=O) groups excluding carboxylic acids is 3. The van der Waals surface area contributed by atoms with Gasteiger partial charge in [-0.15, -0.1) is 0 Å². The third-order valence-electron chi connectivity index (χ3n) is 4.96. The minimum Gasteiger partial charge on any atom is -0.478 e. The van der Waals surface area contributed by atoms with Gasteiger partial charge in [-0.2, -0.15) is 5.26 Å². The first-order chi connectivity index (χ1) is 18.2. The quantitative estimate of drug-likeness (QED) is 0.382. The van der Waals surface area contributed by atoms with Crippen molar-refractivity contribution >= 4 is 34.3 Å². The smallest absolute Gasteiger partial charge is 0.344 e. The number of fused-ring (bicyclic) bond motifs is 1. The SMILES string of the molecule is CC(C)(C)OC(=O)COc1ccc(NC(=O)c2ccc3cc(C#N)ccc3c2)cc1OCC(=O)OC(C)(C)C. The average molecular weight is 533 g/mol. The first-order valence-corrected chi connectivity index (χ1v) is 12.3. The number of hydrogen-bond donors (Lipinski definition) is 1. The third kappa shape index (κ3) is 9.04. The maximum absolute atomic E-state index is 13.0. The van der Waals surface area contributed by atoms with Crippen LogP contribution in [0.1, 0.15) is 57.5 Å². The molecule has 3 aromatic rings. The van der Waals surface area contributed by atoms with E-state index in [9.17, 15) is 14.4 Å². The number of amides is 1. The van der Waals surface area contributed by atoms with Crippen molar-refractivity contribution in [1.82, 2.24) is 0 Å². The Morgan fingerprint density at radius 2 is 1.31 bits per heavy atom. The van der Waals surface area contributed by atoms with Crippen LogP contribution in [-0.4, -0.2) is 42.3 Å². The zero-order chi connectivity index (χ0) is 28.8. The summed E-state index contributed by atoms with van der Waals surface area (Å²) in [6.45, 7) is 9.68. The summed E-state index contributed by atoms with van der Waals surface area (Å²) in [5.41, 5.74) is -0.0432. The predicted octanol–water partition coefficient (Wildman–Crippen LogP) is 5.40. The van der Waals surface area contributed by atoms with Crippen LogP contribution in [0.2, 0.25) is 0 Å². The molecule has 0 aliphatic carbocycles. The van der Waals surface area contributed by atoms with Gasteiger partial charge in [-0.3, -0.25) is 4.79 Å². The van der Waals surface area contributed by atoms with Crippen LogP contribution >= 0.6 is 0 Å². The second kappa shape index (κ2) is 11.9. The second-order valence-electron chi connectivity index (χ2n) is 10.8. The van der Waals surface area contributed by atoms with Gasteiger partial charge in [0.25, 0.3) is 5.91 Å². The highest BCUT2D eigenvalue weighted by Gasteiger charge is 2.20. The molecular formula is C30H32N2O7. The van der Waals surface area contributed by atoms with E-state index in [0.717, 1.165) is 10.8 Å². The van der Waals surface area contributed by atoms with E-state index in [4.69, 9.17) is 24.2 Å². The number of nitriles is 1. The maximum Gasteiger partial charge on any atom is 0.344 e. The molecule has 0 bridgehead atoms. The van der Waals surface area contributed by atoms with Crippen LogP contribution in [0.5, 0.6) is 11.5 Å². The Balaban J connectivity index is 1.79. The van der Waals surface area contributed by atoms with Crippen LogP contribution in [0, 0.1) is 11.3 Å². The van der Waals surface area contributed by atoms with E-state index in [1.165, 1.54) is 12.1 Å². The lowest BCUT2D eigenvalue weighted by Gasteiger charge is -2.21. The molecule has 0 spiro atoms. The van der Waals surface area contributed by atoms with Crippen LogP contribution in [-0.2, 0) is 19.1 Å². The maximum atomic E-state index is 13.0. The highest BCUT2D eigenvalue weighted by atomic mass is 16.6. The lowest BCUT2D eigenvalue weighted by Crippen LogP contribution is -2.28. The molecule has 3 aromatic carbocycles. The van der Waals surface area contributed by atoms with E-state index in [1.54, 1.807) is 84.0 Å². The van der Waals surface area contributed by atoms with Crippen LogP contribution in [0.3, 0.4) is 0 Å². The minimum absolute atomic E-state index is 0.129. The molecule has 9 nitrogen and oxygen atoms in total. The fourth-order valence-electron chi connectivity index (χ4n) is 3.49. The van der Waals surface area contributed by atoms with Gasteiger partial charge < -0.3 is 24.3 Å². The normalized spacial score (nSPS) is 11.3. The minimum atomic E-state index is -0.692.